The van der Waals surface area contributed by atoms with Crippen molar-refractivity contribution in [3.05, 3.63) is 18.0 Å². The second-order valence-corrected chi connectivity index (χ2v) is 4.06. The summed E-state index contributed by atoms with van der Waals surface area (Å²) in [6, 6.07) is 0.232. The Labute approximate surface area is 97.7 Å². The zero-order valence-corrected chi connectivity index (χ0v) is 10.3. The van der Waals surface area contributed by atoms with E-state index in [2.05, 4.69) is 30.5 Å². The molecule has 0 saturated carbocycles. The van der Waals surface area contributed by atoms with Crippen molar-refractivity contribution in [2.45, 2.75) is 45.7 Å². The van der Waals surface area contributed by atoms with E-state index >= 15 is 0 Å². The molecule has 92 valence electrons. The molecule has 0 saturated heterocycles. The van der Waals surface area contributed by atoms with E-state index in [0.29, 0.717) is 0 Å². The highest BCUT2D eigenvalue weighted by molar-refractivity contribution is 5.10. The van der Waals surface area contributed by atoms with Crippen LogP contribution in [0.5, 0.6) is 0 Å². The summed E-state index contributed by atoms with van der Waals surface area (Å²) >= 11 is 0. The number of aliphatic hydroxyl groups is 1. The minimum absolute atomic E-state index is 0.209. The molecule has 16 heavy (non-hydrogen) atoms. The maximum Gasteiger partial charge on any atom is 0.0537 e. The van der Waals surface area contributed by atoms with Crippen LogP contribution in [0.3, 0.4) is 0 Å². The molecule has 0 spiro atoms. The Morgan fingerprint density at radius 1 is 1.44 bits per heavy atom. The second-order valence-electron chi connectivity index (χ2n) is 4.06. The Morgan fingerprint density at radius 2 is 2.25 bits per heavy atom. The summed E-state index contributed by atoms with van der Waals surface area (Å²) in [5, 5.41) is 16.8. The van der Waals surface area contributed by atoms with E-state index in [1.165, 1.54) is 5.56 Å². The van der Waals surface area contributed by atoms with E-state index in [9.17, 15) is 0 Å². The van der Waals surface area contributed by atoms with E-state index in [4.69, 9.17) is 5.11 Å². The van der Waals surface area contributed by atoms with Crippen molar-refractivity contribution in [1.29, 1.82) is 0 Å². The molecule has 0 aliphatic heterocycles. The number of hydrogen-bond acceptors (Lipinski definition) is 3. The first kappa shape index (κ1) is 13.2. The van der Waals surface area contributed by atoms with E-state index in [-0.39, 0.29) is 12.6 Å². The highest BCUT2D eigenvalue weighted by atomic mass is 16.3. The molecular formula is C12H23N3O. The van der Waals surface area contributed by atoms with Crippen molar-refractivity contribution in [3.63, 3.8) is 0 Å². The second kappa shape index (κ2) is 7.41. The molecule has 2 N–H and O–H groups in total. The van der Waals surface area contributed by atoms with Gasteiger partial charge in [0, 0.05) is 31.0 Å². The summed E-state index contributed by atoms with van der Waals surface area (Å²) in [5.74, 6) is 0. The van der Waals surface area contributed by atoms with Crippen LogP contribution in [0.2, 0.25) is 0 Å². The van der Waals surface area contributed by atoms with E-state index in [1.54, 1.807) is 0 Å². The third kappa shape index (κ3) is 3.94. The maximum atomic E-state index is 9.04. The summed E-state index contributed by atoms with van der Waals surface area (Å²) in [7, 11) is 0. The highest BCUT2D eigenvalue weighted by Crippen LogP contribution is 2.15. The molecule has 0 aromatic carbocycles. The van der Waals surface area contributed by atoms with E-state index in [1.807, 2.05) is 10.9 Å². The Bertz CT molecular complexity index is 286. The van der Waals surface area contributed by atoms with Crippen LogP contribution in [0.25, 0.3) is 0 Å². The van der Waals surface area contributed by atoms with E-state index < -0.39 is 0 Å². The summed E-state index contributed by atoms with van der Waals surface area (Å²) in [6.45, 7) is 6.43. The van der Waals surface area contributed by atoms with Gasteiger partial charge in [0.15, 0.2) is 0 Å². The molecule has 1 aromatic heterocycles. The van der Waals surface area contributed by atoms with Gasteiger partial charge in [-0.05, 0) is 25.8 Å². The fraction of sp³-hybridized carbons (Fsp3) is 0.750. The van der Waals surface area contributed by atoms with Crippen molar-refractivity contribution < 1.29 is 5.11 Å². The van der Waals surface area contributed by atoms with Gasteiger partial charge in [-0.1, -0.05) is 13.8 Å². The SMILES string of the molecule is CCCNC(CCO)c1cnn(CCC)c1. The maximum absolute atomic E-state index is 9.04. The number of nitrogens with one attached hydrogen (secondary N) is 1. The lowest BCUT2D eigenvalue weighted by Gasteiger charge is -2.15. The fourth-order valence-corrected chi connectivity index (χ4v) is 1.75. The molecule has 4 heteroatoms. The van der Waals surface area contributed by atoms with Crippen LogP contribution in [-0.2, 0) is 6.54 Å². The van der Waals surface area contributed by atoms with Gasteiger partial charge >= 0.3 is 0 Å². The predicted octanol–water partition coefficient (Wildman–Crippen LogP) is 1.72. The first-order valence-electron chi connectivity index (χ1n) is 6.18. The molecule has 0 aliphatic carbocycles. The van der Waals surface area contributed by atoms with Gasteiger partial charge in [-0.25, -0.2) is 0 Å². The van der Waals surface area contributed by atoms with Crippen molar-refractivity contribution in [1.82, 2.24) is 15.1 Å². The smallest absolute Gasteiger partial charge is 0.0537 e. The zero-order chi connectivity index (χ0) is 11.8. The largest absolute Gasteiger partial charge is 0.396 e. The molecule has 4 nitrogen and oxygen atoms in total. The van der Waals surface area contributed by atoms with Gasteiger partial charge in [-0.2, -0.15) is 5.10 Å². The minimum Gasteiger partial charge on any atom is -0.396 e. The van der Waals surface area contributed by atoms with Gasteiger partial charge in [-0.15, -0.1) is 0 Å². The van der Waals surface area contributed by atoms with Crippen LogP contribution in [-0.4, -0.2) is 28.0 Å². The lowest BCUT2D eigenvalue weighted by atomic mass is 10.1. The summed E-state index contributed by atoms with van der Waals surface area (Å²) < 4.78 is 1.97. The first-order valence-corrected chi connectivity index (χ1v) is 6.18. The predicted molar refractivity (Wildman–Crippen MR) is 65.3 cm³/mol. The van der Waals surface area contributed by atoms with Gasteiger partial charge in [0.1, 0.15) is 0 Å². The van der Waals surface area contributed by atoms with Crippen molar-refractivity contribution in [3.8, 4) is 0 Å². The number of aliphatic hydroxyl groups excluding tert-OH is 1. The van der Waals surface area contributed by atoms with Crippen molar-refractivity contribution in [2.24, 2.45) is 0 Å². The normalized spacial score (nSPS) is 12.9. The van der Waals surface area contributed by atoms with Gasteiger partial charge in [0.2, 0.25) is 0 Å². The van der Waals surface area contributed by atoms with E-state index in [0.717, 1.165) is 32.4 Å². The number of aryl methyl sites for hydroxylation is 1. The molecule has 1 heterocycles. The molecule has 1 atom stereocenters. The fourth-order valence-electron chi connectivity index (χ4n) is 1.75. The quantitative estimate of drug-likeness (QED) is 0.708. The average molecular weight is 225 g/mol. The highest BCUT2D eigenvalue weighted by Gasteiger charge is 2.11. The lowest BCUT2D eigenvalue weighted by Crippen LogP contribution is -2.22. The molecule has 0 radical (unpaired) electrons. The third-order valence-electron chi connectivity index (χ3n) is 2.57. The molecule has 1 unspecified atom stereocenters. The van der Waals surface area contributed by atoms with Crippen LogP contribution in [0, 0.1) is 0 Å². The Hall–Kier alpha value is -0.870. The van der Waals surface area contributed by atoms with Crippen LogP contribution < -0.4 is 5.32 Å². The molecule has 1 rings (SSSR count). The van der Waals surface area contributed by atoms with Crippen LogP contribution in [0.15, 0.2) is 12.4 Å². The van der Waals surface area contributed by atoms with Crippen LogP contribution >= 0.6 is 0 Å². The Morgan fingerprint density at radius 3 is 2.88 bits per heavy atom. The van der Waals surface area contributed by atoms with Gasteiger partial charge in [-0.3, -0.25) is 4.68 Å². The Kier molecular flexibility index (Phi) is 6.11. The standard InChI is InChI=1S/C12H23N3O/c1-3-6-13-12(5-8-16)11-9-14-15(10-11)7-4-2/h9-10,12-13,16H,3-8H2,1-2H3. The Balaban J connectivity index is 2.59. The average Bonchev–Trinajstić information content (AvgIpc) is 2.73. The van der Waals surface area contributed by atoms with Crippen molar-refractivity contribution >= 4 is 0 Å². The minimum atomic E-state index is 0.209. The summed E-state index contributed by atoms with van der Waals surface area (Å²) in [6.07, 6.45) is 6.92. The molecule has 0 amide bonds. The van der Waals surface area contributed by atoms with Crippen LogP contribution in [0.1, 0.15) is 44.7 Å². The first-order chi connectivity index (χ1) is 7.81. The lowest BCUT2D eigenvalue weighted by molar-refractivity contribution is 0.265. The summed E-state index contributed by atoms with van der Waals surface area (Å²) in [5.41, 5.74) is 1.18. The zero-order valence-electron chi connectivity index (χ0n) is 10.3. The molecule has 1 aromatic rings. The third-order valence-corrected chi connectivity index (χ3v) is 2.57. The number of rotatable bonds is 8. The molecule has 0 fully saturated rings. The van der Waals surface area contributed by atoms with Gasteiger partial charge in [0.05, 0.1) is 6.20 Å². The van der Waals surface area contributed by atoms with Crippen molar-refractivity contribution in [2.75, 3.05) is 13.2 Å². The topological polar surface area (TPSA) is 50.1 Å². The molecular weight excluding hydrogens is 202 g/mol. The van der Waals surface area contributed by atoms with Gasteiger partial charge < -0.3 is 10.4 Å². The molecule has 0 bridgehead atoms. The molecule has 0 aliphatic rings. The number of hydrogen-bond donors (Lipinski definition) is 2. The summed E-state index contributed by atoms with van der Waals surface area (Å²) in [4.78, 5) is 0. The van der Waals surface area contributed by atoms with Crippen LogP contribution in [0.4, 0.5) is 0 Å². The monoisotopic (exact) mass is 225 g/mol. The van der Waals surface area contributed by atoms with Gasteiger partial charge in [0.25, 0.3) is 0 Å². The number of nitrogens with zero attached hydrogens (tertiary/aromatic N) is 2. The number of aromatic nitrogens is 2.